The number of hydrogen-bond donors (Lipinski definition) is 2. The van der Waals surface area contributed by atoms with Crippen molar-refractivity contribution in [2.45, 2.75) is 69.2 Å². The topological polar surface area (TPSA) is 206 Å². The van der Waals surface area contributed by atoms with Crippen LogP contribution >= 0.6 is 6.72 Å². The van der Waals surface area contributed by atoms with Crippen LogP contribution < -0.4 is 25.3 Å². The lowest BCUT2D eigenvalue weighted by atomic mass is 9.80. The van der Waals surface area contributed by atoms with Gasteiger partial charge in [0.15, 0.2) is 11.5 Å². The smallest absolute Gasteiger partial charge is 0.337 e. The molecule has 7 atom stereocenters. The third kappa shape index (κ3) is 9.29. The normalized spacial score (nSPS) is 22.0. The third-order valence-corrected chi connectivity index (χ3v) is 13.7. The average molecular weight is 915 g/mol. The van der Waals surface area contributed by atoms with E-state index in [-0.39, 0.29) is 37.4 Å². The number of rotatable bonds is 17. The number of carbonyl (C=O) groups is 1. The molecule has 0 saturated carbocycles. The first-order chi connectivity index (χ1) is 30.9. The number of imidazole rings is 1. The molecule has 0 spiro atoms. The first-order valence-corrected chi connectivity index (χ1v) is 23.0. The van der Waals surface area contributed by atoms with Crippen LogP contribution in [-0.2, 0) is 54.7 Å². The minimum absolute atomic E-state index is 0.0192. The predicted octanol–water partition coefficient (Wildman–Crippen LogP) is 5.20. The number of anilines is 1. The van der Waals surface area contributed by atoms with Crippen molar-refractivity contribution in [3.8, 4) is 11.5 Å². The summed E-state index contributed by atoms with van der Waals surface area (Å²) in [5, 5.41) is 0. The van der Waals surface area contributed by atoms with Crippen LogP contribution in [0.1, 0.15) is 54.5 Å². The van der Waals surface area contributed by atoms with Crippen LogP contribution in [0.15, 0.2) is 109 Å². The van der Waals surface area contributed by atoms with E-state index < -0.39 is 55.2 Å². The molecular formula is C44H49N7O11PS+. The Morgan fingerprint density at radius 1 is 0.906 bits per heavy atom. The third-order valence-electron chi connectivity index (χ3n) is 11.3. The van der Waals surface area contributed by atoms with Crippen molar-refractivity contribution in [2.24, 2.45) is 0 Å². The van der Waals surface area contributed by atoms with Gasteiger partial charge in [-0.2, -0.15) is 0 Å². The molecule has 6 aromatic rings. The first kappa shape index (κ1) is 45.0. The molecule has 0 amide bonds. The summed E-state index contributed by atoms with van der Waals surface area (Å²) in [6, 6.07) is 25.3. The van der Waals surface area contributed by atoms with E-state index in [1.807, 2.05) is 78.9 Å². The number of H-pyrrole nitrogens is 1. The maximum atomic E-state index is 12.2. The highest BCUT2D eigenvalue weighted by Crippen LogP contribution is 2.54. The fourth-order valence-electron chi connectivity index (χ4n) is 8.06. The lowest BCUT2D eigenvalue weighted by Gasteiger charge is -2.37. The highest BCUT2D eigenvalue weighted by Gasteiger charge is 2.47. The van der Waals surface area contributed by atoms with Gasteiger partial charge in [0.05, 0.1) is 51.8 Å². The van der Waals surface area contributed by atoms with Crippen LogP contribution in [0.4, 0.5) is 5.82 Å². The van der Waals surface area contributed by atoms with E-state index in [0.717, 1.165) is 16.7 Å². The predicted molar refractivity (Wildman–Crippen MR) is 235 cm³/mol. The van der Waals surface area contributed by atoms with Gasteiger partial charge < -0.3 is 47.7 Å². The molecule has 2 aliphatic heterocycles. The Kier molecular flexibility index (Phi) is 13.5. The number of hydrogen-bond acceptors (Lipinski definition) is 16. The van der Waals surface area contributed by atoms with Gasteiger partial charge in [-0.15, -0.1) is 0 Å². The quantitative estimate of drug-likeness (QED) is 0.0522. The van der Waals surface area contributed by atoms with Crippen LogP contribution in [0.25, 0.3) is 11.2 Å². The largest absolute Gasteiger partial charge is 0.497 e. The van der Waals surface area contributed by atoms with Gasteiger partial charge in [0.25, 0.3) is 0 Å². The number of carbonyl (C=O) groups excluding carboxylic acids is 1. The van der Waals surface area contributed by atoms with Crippen molar-refractivity contribution in [3.05, 3.63) is 137 Å². The van der Waals surface area contributed by atoms with Crippen LogP contribution in [-0.4, -0.2) is 89.4 Å². The molecule has 0 aliphatic carbocycles. The molecule has 0 radical (unpaired) electrons. The van der Waals surface area contributed by atoms with E-state index in [4.69, 9.17) is 59.5 Å². The summed E-state index contributed by atoms with van der Waals surface area (Å²) in [6.07, 6.45) is 2.42. The van der Waals surface area contributed by atoms with E-state index >= 15 is 0 Å². The molecule has 2 saturated heterocycles. The molecule has 7 unspecified atom stereocenters. The molecule has 336 valence electrons. The summed E-state index contributed by atoms with van der Waals surface area (Å²) in [6.45, 7) is -0.749. The second kappa shape index (κ2) is 19.2. The van der Waals surface area contributed by atoms with Crippen molar-refractivity contribution in [1.29, 1.82) is 0 Å². The number of ether oxygens (including phenoxy) is 6. The van der Waals surface area contributed by atoms with Crippen molar-refractivity contribution >= 4 is 41.5 Å². The van der Waals surface area contributed by atoms with Gasteiger partial charge >= 0.3 is 18.2 Å². The Morgan fingerprint density at radius 2 is 1.56 bits per heavy atom. The molecule has 2 aliphatic rings. The molecule has 3 aromatic carbocycles. The highest BCUT2D eigenvalue weighted by molar-refractivity contribution is 8.07. The van der Waals surface area contributed by atoms with Gasteiger partial charge in [-0.05, 0) is 59.7 Å². The van der Waals surface area contributed by atoms with Crippen molar-refractivity contribution < 1.29 is 51.4 Å². The van der Waals surface area contributed by atoms with Gasteiger partial charge in [0.1, 0.15) is 59.7 Å². The van der Waals surface area contributed by atoms with Gasteiger partial charge in [0.2, 0.25) is 12.6 Å². The maximum Gasteiger partial charge on any atom is 0.337 e. The number of nitrogen functional groups attached to an aromatic ring is 1. The Balaban J connectivity index is 1.12. The Morgan fingerprint density at radius 3 is 2.19 bits per heavy atom. The SMILES string of the molecule is COc1ccc(C(OCC2OC(n3cnc4c(N)ncnc43)CC2OP(=S)(OC)OCC2OC([n+]3c[nH]c(=O)c(C)c3)CC2OC(C)=O)(c2ccccc2)c2ccc(OC)cc2)cc1. The minimum Gasteiger partial charge on any atom is -0.497 e. The van der Waals surface area contributed by atoms with Crippen LogP contribution in [0.2, 0.25) is 0 Å². The fourth-order valence-corrected chi connectivity index (χ4v) is 9.70. The molecule has 2 fully saturated rings. The van der Waals surface area contributed by atoms with E-state index in [0.29, 0.717) is 28.2 Å². The first-order valence-electron chi connectivity index (χ1n) is 20.4. The number of fused-ring (bicyclic) bond motifs is 1. The van der Waals surface area contributed by atoms with Gasteiger partial charge in [0, 0.05) is 20.5 Å². The second-order valence-electron chi connectivity index (χ2n) is 15.2. The molecule has 3 N–H and O–H groups in total. The number of methoxy groups -OCH3 is 2. The van der Waals surface area contributed by atoms with Crippen molar-refractivity contribution in [1.82, 2.24) is 24.5 Å². The molecule has 18 nitrogen and oxygen atoms in total. The van der Waals surface area contributed by atoms with Crippen molar-refractivity contribution in [3.63, 3.8) is 0 Å². The van der Waals surface area contributed by atoms with Crippen molar-refractivity contribution in [2.75, 3.05) is 40.3 Å². The number of aromatic nitrogens is 6. The summed E-state index contributed by atoms with van der Waals surface area (Å²) < 4.78 is 59.6. The second-order valence-corrected chi connectivity index (χ2v) is 18.3. The van der Waals surface area contributed by atoms with E-state index in [9.17, 15) is 9.59 Å². The lowest BCUT2D eigenvalue weighted by Crippen LogP contribution is -2.42. The Hall–Kier alpha value is -5.63. The summed E-state index contributed by atoms with van der Waals surface area (Å²) in [7, 11) is 4.65. The number of nitrogens with zero attached hydrogens (tertiary/aromatic N) is 5. The van der Waals surface area contributed by atoms with Crippen LogP contribution in [0.5, 0.6) is 11.5 Å². The van der Waals surface area contributed by atoms with Crippen LogP contribution in [0, 0.1) is 6.92 Å². The molecule has 0 bridgehead atoms. The van der Waals surface area contributed by atoms with Gasteiger partial charge in [-0.1, -0.05) is 54.6 Å². The minimum atomic E-state index is -3.60. The lowest BCUT2D eigenvalue weighted by molar-refractivity contribution is -0.762. The molecule has 20 heteroatoms. The Bertz CT molecular complexity index is 2620. The van der Waals surface area contributed by atoms with Gasteiger partial charge in [-0.3, -0.25) is 9.36 Å². The van der Waals surface area contributed by atoms with E-state index in [1.54, 1.807) is 42.8 Å². The molecule has 3 aromatic heterocycles. The highest BCUT2D eigenvalue weighted by atomic mass is 32.5. The number of aromatic amines is 1. The summed E-state index contributed by atoms with van der Waals surface area (Å²) in [4.78, 5) is 40.0. The number of benzene rings is 3. The van der Waals surface area contributed by atoms with Gasteiger partial charge in [-0.25, -0.2) is 29.3 Å². The zero-order valence-corrected chi connectivity index (χ0v) is 37.5. The Labute approximate surface area is 373 Å². The summed E-state index contributed by atoms with van der Waals surface area (Å²) in [5.41, 5.74) is 8.63. The van der Waals surface area contributed by atoms with Crippen LogP contribution in [0.3, 0.4) is 0 Å². The maximum absolute atomic E-state index is 12.2. The van der Waals surface area contributed by atoms with E-state index in [1.165, 1.54) is 26.7 Å². The number of nitrogens with one attached hydrogen (secondary N) is 1. The number of esters is 1. The summed E-state index contributed by atoms with van der Waals surface area (Å²) in [5.74, 6) is 1.10. The monoisotopic (exact) mass is 914 g/mol. The van der Waals surface area contributed by atoms with E-state index in [2.05, 4.69) is 19.9 Å². The zero-order valence-electron chi connectivity index (χ0n) is 35.8. The average Bonchev–Trinajstić information content (AvgIpc) is 4.05. The standard InChI is InChI=1S/C44H48N7O11PS/c1-27-21-50(25-49-43(27)53)38-19-34(59-28(2)52)37(60-38)23-58-63(64,56-5)62-35-20-39(51-26-48-40-41(45)46-24-47-42(40)51)61-36(35)22-57-44(29-9-7-6-8-10-29,30-11-15-32(54-3)16-12-30)31-13-17-33(55-4)18-14-31/h6-18,21,24-26,34-39H,19-20,22-23H2,1-5H3,(H2,45,46,47)/p+1. The fraction of sp³-hybridized carbons (Fsp3) is 0.364. The zero-order chi connectivity index (χ0) is 45.0. The number of nitrogens with two attached hydrogens (primary N) is 1. The molecular weight excluding hydrogens is 866 g/mol. The molecule has 5 heterocycles. The number of aryl methyl sites for hydroxylation is 1. The molecule has 64 heavy (non-hydrogen) atoms. The molecule has 8 rings (SSSR count). The summed E-state index contributed by atoms with van der Waals surface area (Å²) >= 11 is 6.04.